The summed E-state index contributed by atoms with van der Waals surface area (Å²) < 4.78 is 44.4. The predicted octanol–water partition coefficient (Wildman–Crippen LogP) is 1.96. The molecule has 1 aromatic heterocycles. The molecule has 0 atom stereocenters. The predicted molar refractivity (Wildman–Crippen MR) is 79.4 cm³/mol. The van der Waals surface area contributed by atoms with Crippen LogP contribution in [0.5, 0.6) is 0 Å². The first-order chi connectivity index (χ1) is 10.9. The molecule has 0 saturated heterocycles. The normalized spacial score (nSPS) is 13.3. The Kier molecular flexibility index (Phi) is 6.54. The summed E-state index contributed by atoms with van der Waals surface area (Å²) in [5.41, 5.74) is -1.11. The molecular weight excluding hydrogens is 329 g/mol. The highest BCUT2D eigenvalue weighted by Crippen LogP contribution is 2.23. The van der Waals surface area contributed by atoms with Crippen LogP contribution in [-0.2, 0) is 21.4 Å². The first-order valence-electron chi connectivity index (χ1n) is 7.43. The molecule has 138 valence electrons. The van der Waals surface area contributed by atoms with Crippen LogP contribution in [0.15, 0.2) is 10.6 Å². The minimum atomic E-state index is -4.69. The molecule has 0 spiro atoms. The lowest BCUT2D eigenvalue weighted by Crippen LogP contribution is -2.49. The highest BCUT2D eigenvalue weighted by molar-refractivity contribution is 5.89. The average Bonchev–Trinajstić information content (AvgIpc) is 2.92. The van der Waals surface area contributed by atoms with Gasteiger partial charge in [-0.15, -0.1) is 13.2 Å². The van der Waals surface area contributed by atoms with Gasteiger partial charge in [0, 0.05) is 18.0 Å². The molecule has 0 amide bonds. The van der Waals surface area contributed by atoms with E-state index in [1.54, 1.807) is 33.8 Å². The molecule has 0 radical (unpaired) electrons. The standard InChI is InChI=1S/C15H23F3N2O4/c1-13(2,9-21)11-7-10(24-20-11)8-12(22)14(3,4)19-5-6-23-15(16,17)18/h7,19,21H,5-6,8-9H2,1-4H3. The Morgan fingerprint density at radius 2 is 1.96 bits per heavy atom. The highest BCUT2D eigenvalue weighted by Gasteiger charge is 2.31. The van der Waals surface area contributed by atoms with Gasteiger partial charge in [0.25, 0.3) is 0 Å². The summed E-state index contributed by atoms with van der Waals surface area (Å²) in [5, 5.41) is 15.9. The fourth-order valence-electron chi connectivity index (χ4n) is 1.80. The number of aromatic nitrogens is 1. The Bertz CT molecular complexity index is 553. The Labute approximate surface area is 138 Å². The number of hydrogen-bond donors (Lipinski definition) is 2. The van der Waals surface area contributed by atoms with Gasteiger partial charge in [-0.25, -0.2) is 0 Å². The highest BCUT2D eigenvalue weighted by atomic mass is 19.4. The number of aliphatic hydroxyl groups excluding tert-OH is 1. The van der Waals surface area contributed by atoms with Gasteiger partial charge in [-0.1, -0.05) is 19.0 Å². The van der Waals surface area contributed by atoms with E-state index in [0.717, 1.165) is 0 Å². The molecule has 2 N–H and O–H groups in total. The second kappa shape index (κ2) is 7.62. The molecule has 1 aromatic rings. The summed E-state index contributed by atoms with van der Waals surface area (Å²) in [5.74, 6) is 0.0666. The topological polar surface area (TPSA) is 84.6 Å². The smallest absolute Gasteiger partial charge is 0.395 e. The number of Topliss-reactive ketones (excluding diaryl/α,β-unsaturated/α-hetero) is 1. The average molecular weight is 352 g/mol. The van der Waals surface area contributed by atoms with Crippen molar-refractivity contribution in [3.05, 3.63) is 17.5 Å². The number of carbonyl (C=O) groups is 1. The van der Waals surface area contributed by atoms with E-state index in [1.807, 2.05) is 0 Å². The van der Waals surface area contributed by atoms with Crippen LogP contribution >= 0.6 is 0 Å². The number of aliphatic hydroxyl groups is 1. The first kappa shape index (κ1) is 20.6. The molecule has 1 heterocycles. The molecule has 0 bridgehead atoms. The van der Waals surface area contributed by atoms with Gasteiger partial charge in [0.1, 0.15) is 5.76 Å². The second-order valence-corrected chi connectivity index (χ2v) is 6.67. The number of hydrogen-bond acceptors (Lipinski definition) is 6. The molecule has 9 heteroatoms. The van der Waals surface area contributed by atoms with Crippen LogP contribution in [0.2, 0.25) is 0 Å². The summed E-state index contributed by atoms with van der Waals surface area (Å²) in [7, 11) is 0. The van der Waals surface area contributed by atoms with E-state index in [0.29, 0.717) is 11.5 Å². The molecule has 6 nitrogen and oxygen atoms in total. The van der Waals surface area contributed by atoms with E-state index in [2.05, 4.69) is 15.2 Å². The van der Waals surface area contributed by atoms with Crippen LogP contribution in [0.1, 0.15) is 39.1 Å². The van der Waals surface area contributed by atoms with E-state index in [9.17, 15) is 23.1 Å². The number of carbonyl (C=O) groups excluding carboxylic acids is 1. The quantitative estimate of drug-likeness (QED) is 0.661. The molecular formula is C15H23F3N2O4. The Morgan fingerprint density at radius 1 is 1.33 bits per heavy atom. The summed E-state index contributed by atoms with van der Waals surface area (Å²) in [6, 6.07) is 1.59. The van der Waals surface area contributed by atoms with Crippen molar-refractivity contribution in [2.24, 2.45) is 0 Å². The number of halogens is 3. The second-order valence-electron chi connectivity index (χ2n) is 6.67. The maximum atomic E-state index is 12.3. The lowest BCUT2D eigenvalue weighted by molar-refractivity contribution is -0.323. The van der Waals surface area contributed by atoms with Crippen molar-refractivity contribution < 1.29 is 32.3 Å². The zero-order valence-electron chi connectivity index (χ0n) is 14.2. The minimum Gasteiger partial charge on any atom is -0.395 e. The maximum Gasteiger partial charge on any atom is 0.522 e. The lowest BCUT2D eigenvalue weighted by atomic mass is 9.90. The van der Waals surface area contributed by atoms with Crippen molar-refractivity contribution in [2.45, 2.75) is 51.4 Å². The van der Waals surface area contributed by atoms with Crippen molar-refractivity contribution in [3.8, 4) is 0 Å². The number of nitrogens with one attached hydrogen (secondary N) is 1. The van der Waals surface area contributed by atoms with Gasteiger partial charge in [-0.05, 0) is 13.8 Å². The van der Waals surface area contributed by atoms with Crippen molar-refractivity contribution >= 4 is 5.78 Å². The Morgan fingerprint density at radius 3 is 2.50 bits per heavy atom. The summed E-state index contributed by atoms with van der Waals surface area (Å²) >= 11 is 0. The van der Waals surface area contributed by atoms with Crippen LogP contribution in [0.4, 0.5) is 13.2 Å². The van der Waals surface area contributed by atoms with Crippen LogP contribution in [0.25, 0.3) is 0 Å². The van der Waals surface area contributed by atoms with Gasteiger partial charge >= 0.3 is 6.36 Å². The number of ketones is 1. The van der Waals surface area contributed by atoms with Crippen molar-refractivity contribution in [1.29, 1.82) is 0 Å². The number of nitrogens with zero attached hydrogens (tertiary/aromatic N) is 1. The molecule has 0 unspecified atom stereocenters. The van der Waals surface area contributed by atoms with E-state index in [-0.39, 0.29) is 25.4 Å². The zero-order chi connectivity index (χ0) is 18.6. The van der Waals surface area contributed by atoms with Crippen molar-refractivity contribution in [2.75, 3.05) is 19.8 Å². The molecule has 0 aliphatic carbocycles. The van der Waals surface area contributed by atoms with Gasteiger partial charge in [0.2, 0.25) is 0 Å². The van der Waals surface area contributed by atoms with E-state index in [4.69, 9.17) is 4.52 Å². The van der Waals surface area contributed by atoms with E-state index < -0.39 is 23.9 Å². The zero-order valence-corrected chi connectivity index (χ0v) is 14.2. The number of ether oxygens (including phenoxy) is 1. The summed E-state index contributed by atoms with van der Waals surface area (Å²) in [6.07, 6.45) is -4.75. The van der Waals surface area contributed by atoms with Crippen LogP contribution in [0, 0.1) is 0 Å². The van der Waals surface area contributed by atoms with E-state index in [1.165, 1.54) is 0 Å². The number of rotatable bonds is 9. The third-order valence-electron chi connectivity index (χ3n) is 3.61. The third kappa shape index (κ3) is 6.21. The Balaban J connectivity index is 2.57. The number of alkyl halides is 3. The van der Waals surface area contributed by atoms with E-state index >= 15 is 0 Å². The van der Waals surface area contributed by atoms with Gasteiger partial charge < -0.3 is 14.9 Å². The van der Waals surface area contributed by atoms with Gasteiger partial charge in [-0.2, -0.15) is 0 Å². The van der Waals surface area contributed by atoms with Gasteiger partial charge in [-0.3, -0.25) is 9.53 Å². The monoisotopic (exact) mass is 352 g/mol. The van der Waals surface area contributed by atoms with Crippen molar-refractivity contribution in [3.63, 3.8) is 0 Å². The fraction of sp³-hybridized carbons (Fsp3) is 0.733. The molecule has 24 heavy (non-hydrogen) atoms. The molecule has 0 fully saturated rings. The van der Waals surface area contributed by atoms with Gasteiger partial charge in [0.15, 0.2) is 5.78 Å². The molecule has 0 aliphatic heterocycles. The van der Waals surface area contributed by atoms with Crippen LogP contribution in [-0.4, -0.2) is 47.7 Å². The first-order valence-corrected chi connectivity index (χ1v) is 7.43. The molecule has 0 aliphatic rings. The Hall–Kier alpha value is -1.45. The fourth-order valence-corrected chi connectivity index (χ4v) is 1.80. The molecule has 1 rings (SSSR count). The molecule has 0 aromatic carbocycles. The van der Waals surface area contributed by atoms with Crippen LogP contribution in [0.3, 0.4) is 0 Å². The van der Waals surface area contributed by atoms with Crippen LogP contribution < -0.4 is 5.32 Å². The third-order valence-corrected chi connectivity index (χ3v) is 3.61. The summed E-state index contributed by atoms with van der Waals surface area (Å²) in [4.78, 5) is 12.3. The molecule has 0 saturated carbocycles. The minimum absolute atomic E-state index is 0.0609. The maximum absolute atomic E-state index is 12.3. The summed E-state index contributed by atoms with van der Waals surface area (Å²) in [6.45, 7) is 5.86. The largest absolute Gasteiger partial charge is 0.522 e. The lowest BCUT2D eigenvalue weighted by Gasteiger charge is -2.24. The van der Waals surface area contributed by atoms with Crippen molar-refractivity contribution in [1.82, 2.24) is 10.5 Å². The van der Waals surface area contributed by atoms with Gasteiger partial charge in [0.05, 0.1) is 30.9 Å². The SMILES string of the molecule is CC(C)(NCCOC(F)(F)F)C(=O)Cc1cc(C(C)(C)CO)no1.